The van der Waals surface area contributed by atoms with Gasteiger partial charge in [-0.2, -0.15) is 0 Å². The van der Waals surface area contributed by atoms with E-state index in [9.17, 15) is 16.8 Å². The fourth-order valence-electron chi connectivity index (χ4n) is 1.45. The third kappa shape index (κ3) is 5.71. The first-order valence-corrected chi connectivity index (χ1v) is 9.27. The number of pyridine rings is 1. The Bertz CT molecular complexity index is 686. The lowest BCUT2D eigenvalue weighted by Crippen LogP contribution is -2.50. The molecular weight excluding hydrogens is 326 g/mol. The third-order valence-corrected chi connectivity index (χ3v) is 4.70. The first-order valence-electron chi connectivity index (χ1n) is 5.51. The number of hydrogen-bond donors (Lipinski definition) is 2. The topological polar surface area (TPSA) is 105 Å². The molecule has 0 amide bonds. The molecule has 0 bridgehead atoms. The molecule has 1 aromatic heterocycles. The second-order valence-electron chi connectivity index (χ2n) is 4.90. The van der Waals surface area contributed by atoms with Crippen molar-refractivity contribution < 1.29 is 16.8 Å². The summed E-state index contributed by atoms with van der Waals surface area (Å²) in [6.45, 7) is 3.02. The molecule has 114 valence electrons. The van der Waals surface area contributed by atoms with Crippen LogP contribution in [-0.2, 0) is 20.0 Å². The van der Waals surface area contributed by atoms with E-state index in [0.29, 0.717) is 0 Å². The maximum absolute atomic E-state index is 12.0. The van der Waals surface area contributed by atoms with Crippen LogP contribution in [0.25, 0.3) is 0 Å². The summed E-state index contributed by atoms with van der Waals surface area (Å²) in [5.74, 6) is 0. The first-order chi connectivity index (χ1) is 8.91. The molecule has 0 aliphatic rings. The molecular formula is C10H16ClN3O4S2. The van der Waals surface area contributed by atoms with Crippen LogP contribution in [0.5, 0.6) is 0 Å². The monoisotopic (exact) mass is 341 g/mol. The van der Waals surface area contributed by atoms with Crippen molar-refractivity contribution in [1.29, 1.82) is 0 Å². The minimum atomic E-state index is -3.78. The number of nitrogens with one attached hydrogen (secondary N) is 2. The second-order valence-corrected chi connectivity index (χ2v) is 8.80. The maximum Gasteiger partial charge on any atom is 0.240 e. The van der Waals surface area contributed by atoms with Crippen LogP contribution in [0.2, 0.25) is 5.15 Å². The summed E-state index contributed by atoms with van der Waals surface area (Å²) in [7, 11) is -7.22. The van der Waals surface area contributed by atoms with Gasteiger partial charge in [0.05, 0.1) is 11.2 Å². The third-order valence-electron chi connectivity index (χ3n) is 2.17. The molecule has 1 heterocycles. The molecule has 0 atom stereocenters. The summed E-state index contributed by atoms with van der Waals surface area (Å²) >= 11 is 5.63. The van der Waals surface area contributed by atoms with Crippen LogP contribution >= 0.6 is 11.6 Å². The number of aromatic nitrogens is 1. The van der Waals surface area contributed by atoms with E-state index in [2.05, 4.69) is 14.4 Å². The Kier molecular flexibility index (Phi) is 5.14. The van der Waals surface area contributed by atoms with Gasteiger partial charge in [0.15, 0.2) is 0 Å². The van der Waals surface area contributed by atoms with Gasteiger partial charge in [0.2, 0.25) is 20.0 Å². The molecule has 0 aliphatic heterocycles. The zero-order chi connectivity index (χ0) is 15.6. The molecule has 0 saturated heterocycles. The number of sulfonamides is 2. The fraction of sp³-hybridized carbons (Fsp3) is 0.500. The van der Waals surface area contributed by atoms with Gasteiger partial charge < -0.3 is 0 Å². The van der Waals surface area contributed by atoms with Crippen molar-refractivity contribution in [3.63, 3.8) is 0 Å². The van der Waals surface area contributed by atoms with E-state index in [4.69, 9.17) is 11.6 Å². The quantitative estimate of drug-likeness (QED) is 0.726. The molecule has 2 N–H and O–H groups in total. The van der Waals surface area contributed by atoms with Crippen LogP contribution in [0.1, 0.15) is 13.8 Å². The summed E-state index contributed by atoms with van der Waals surface area (Å²) in [6, 6.07) is 2.51. The van der Waals surface area contributed by atoms with Crippen molar-refractivity contribution in [2.24, 2.45) is 0 Å². The van der Waals surface area contributed by atoms with Gasteiger partial charge in [0, 0.05) is 18.3 Å². The molecule has 0 unspecified atom stereocenters. The minimum absolute atomic E-state index is 0.0346. The van der Waals surface area contributed by atoms with Gasteiger partial charge in [-0.25, -0.2) is 31.3 Å². The molecule has 0 spiro atoms. The Labute approximate surface area is 123 Å². The lowest BCUT2D eigenvalue weighted by molar-refractivity contribution is 0.446. The van der Waals surface area contributed by atoms with E-state index in [1.165, 1.54) is 18.3 Å². The number of halogens is 1. The lowest BCUT2D eigenvalue weighted by atomic mass is 10.1. The van der Waals surface area contributed by atoms with Crippen molar-refractivity contribution in [3.05, 3.63) is 23.5 Å². The number of rotatable bonds is 6. The maximum atomic E-state index is 12.0. The van der Waals surface area contributed by atoms with Crippen molar-refractivity contribution in [1.82, 2.24) is 14.4 Å². The predicted molar refractivity (Wildman–Crippen MR) is 76.5 cm³/mol. The highest BCUT2D eigenvalue weighted by Gasteiger charge is 2.25. The smallest absolute Gasteiger partial charge is 0.240 e. The van der Waals surface area contributed by atoms with Crippen molar-refractivity contribution in [2.45, 2.75) is 24.3 Å². The van der Waals surface area contributed by atoms with E-state index < -0.39 is 25.6 Å². The van der Waals surface area contributed by atoms with Crippen LogP contribution in [0, 0.1) is 0 Å². The zero-order valence-electron chi connectivity index (χ0n) is 11.2. The van der Waals surface area contributed by atoms with Crippen LogP contribution < -0.4 is 9.44 Å². The van der Waals surface area contributed by atoms with Gasteiger partial charge in [0.1, 0.15) is 5.15 Å². The zero-order valence-corrected chi connectivity index (χ0v) is 13.6. The van der Waals surface area contributed by atoms with Crippen molar-refractivity contribution in [3.8, 4) is 0 Å². The Morgan fingerprint density at radius 3 is 2.40 bits per heavy atom. The highest BCUT2D eigenvalue weighted by molar-refractivity contribution is 7.89. The Morgan fingerprint density at radius 2 is 1.90 bits per heavy atom. The molecule has 0 fully saturated rings. The molecule has 0 aromatic carbocycles. The van der Waals surface area contributed by atoms with Crippen LogP contribution in [0.4, 0.5) is 0 Å². The van der Waals surface area contributed by atoms with Gasteiger partial charge >= 0.3 is 0 Å². The average molecular weight is 342 g/mol. The minimum Gasteiger partial charge on any atom is -0.244 e. The van der Waals surface area contributed by atoms with E-state index in [1.54, 1.807) is 13.8 Å². The van der Waals surface area contributed by atoms with Crippen molar-refractivity contribution >= 4 is 31.6 Å². The van der Waals surface area contributed by atoms with Gasteiger partial charge in [-0.1, -0.05) is 11.6 Å². The summed E-state index contributed by atoms with van der Waals surface area (Å²) < 4.78 is 51.0. The molecule has 1 aromatic rings. The molecule has 0 radical (unpaired) electrons. The normalized spacial score (nSPS) is 13.4. The molecule has 10 heteroatoms. The second kappa shape index (κ2) is 5.94. The molecule has 0 aliphatic carbocycles. The SMILES string of the molecule is CC(C)(CNS(=O)(=O)c1ccnc(Cl)c1)NS(C)(=O)=O. The molecule has 0 saturated carbocycles. The molecule has 7 nitrogen and oxygen atoms in total. The van der Waals surface area contributed by atoms with E-state index in [-0.39, 0.29) is 16.6 Å². The van der Waals surface area contributed by atoms with Crippen molar-refractivity contribution in [2.75, 3.05) is 12.8 Å². The van der Waals surface area contributed by atoms with Crippen LogP contribution in [0.3, 0.4) is 0 Å². The molecule has 20 heavy (non-hydrogen) atoms. The number of nitrogens with zero attached hydrogens (tertiary/aromatic N) is 1. The Morgan fingerprint density at radius 1 is 1.30 bits per heavy atom. The summed E-state index contributed by atoms with van der Waals surface area (Å²) in [5, 5.41) is 0.0568. The van der Waals surface area contributed by atoms with Crippen LogP contribution in [0.15, 0.2) is 23.2 Å². The van der Waals surface area contributed by atoms with Crippen LogP contribution in [-0.4, -0.2) is 40.2 Å². The largest absolute Gasteiger partial charge is 0.244 e. The lowest BCUT2D eigenvalue weighted by Gasteiger charge is -2.25. The highest BCUT2D eigenvalue weighted by atomic mass is 35.5. The standard InChI is InChI=1S/C10H16ClN3O4S2/c1-10(2,14-19(3,15)16)7-13-20(17,18)8-4-5-12-9(11)6-8/h4-6,13-14H,7H2,1-3H3. The summed E-state index contributed by atoms with van der Waals surface area (Å²) in [6.07, 6.45) is 2.28. The highest BCUT2D eigenvalue weighted by Crippen LogP contribution is 2.13. The fourth-order valence-corrected chi connectivity index (χ4v) is 3.99. The summed E-state index contributed by atoms with van der Waals surface area (Å²) in [4.78, 5) is 3.66. The average Bonchev–Trinajstić information content (AvgIpc) is 2.24. The van der Waals surface area contributed by atoms with Gasteiger partial charge in [-0.05, 0) is 26.0 Å². The number of hydrogen-bond acceptors (Lipinski definition) is 5. The van der Waals surface area contributed by atoms with E-state index in [1.807, 2.05) is 0 Å². The van der Waals surface area contributed by atoms with E-state index in [0.717, 1.165) is 6.26 Å². The first kappa shape index (κ1) is 17.3. The summed E-state index contributed by atoms with van der Waals surface area (Å²) in [5.41, 5.74) is -0.961. The predicted octanol–water partition coefficient (Wildman–Crippen LogP) is 0.341. The molecule has 1 rings (SSSR count). The van der Waals surface area contributed by atoms with E-state index >= 15 is 0 Å². The van der Waals surface area contributed by atoms with Gasteiger partial charge in [-0.3, -0.25) is 0 Å². The Balaban J connectivity index is 2.83. The van der Waals surface area contributed by atoms with Gasteiger partial charge in [0.25, 0.3) is 0 Å². The Hall–Kier alpha value is -0.740. The van der Waals surface area contributed by atoms with Gasteiger partial charge in [-0.15, -0.1) is 0 Å².